The van der Waals surface area contributed by atoms with Crippen LogP contribution in [0.5, 0.6) is 11.5 Å². The first-order valence-corrected chi connectivity index (χ1v) is 8.61. The number of nitro groups is 1. The van der Waals surface area contributed by atoms with Crippen molar-refractivity contribution in [1.29, 1.82) is 0 Å². The van der Waals surface area contributed by atoms with E-state index in [0.29, 0.717) is 5.75 Å². The van der Waals surface area contributed by atoms with Crippen LogP contribution in [0, 0.1) is 10.1 Å². The molecule has 0 saturated carbocycles. The molecule has 0 unspecified atom stereocenters. The standard InChI is InChI=1S/C19H21N3O6/c1-3-14-8-10-15(11-9-14)27-12-18(23)20-21-19(24)13(2)28-17-7-5-4-6-16(17)22(25)26/h4-11,13H,3,12H2,1-2H3,(H,20,23)(H,21,24)/t13-/m1/s1. The van der Waals surface area contributed by atoms with Gasteiger partial charge >= 0.3 is 5.69 Å². The number of hydrogen-bond donors (Lipinski definition) is 2. The number of nitrogens with zero attached hydrogens (tertiary/aromatic N) is 1. The highest BCUT2D eigenvalue weighted by Gasteiger charge is 2.21. The zero-order valence-corrected chi connectivity index (χ0v) is 15.5. The van der Waals surface area contributed by atoms with Crippen molar-refractivity contribution in [3.8, 4) is 11.5 Å². The van der Waals surface area contributed by atoms with Crippen molar-refractivity contribution < 1.29 is 24.0 Å². The van der Waals surface area contributed by atoms with Crippen LogP contribution in [-0.4, -0.2) is 29.4 Å². The molecule has 2 aromatic rings. The molecule has 0 aliphatic heterocycles. The molecule has 0 heterocycles. The molecule has 2 aromatic carbocycles. The van der Waals surface area contributed by atoms with Crippen molar-refractivity contribution >= 4 is 17.5 Å². The van der Waals surface area contributed by atoms with Gasteiger partial charge in [0.1, 0.15) is 5.75 Å². The zero-order chi connectivity index (χ0) is 20.5. The van der Waals surface area contributed by atoms with E-state index in [0.717, 1.165) is 12.0 Å². The highest BCUT2D eigenvalue weighted by molar-refractivity contribution is 5.85. The maximum atomic E-state index is 12.0. The molecule has 0 saturated heterocycles. The number of para-hydroxylation sites is 2. The fourth-order valence-electron chi connectivity index (χ4n) is 2.19. The van der Waals surface area contributed by atoms with Gasteiger partial charge in [-0.25, -0.2) is 0 Å². The quantitative estimate of drug-likeness (QED) is 0.529. The highest BCUT2D eigenvalue weighted by Crippen LogP contribution is 2.26. The first kappa shape index (κ1) is 20.7. The van der Waals surface area contributed by atoms with Gasteiger partial charge in [0.15, 0.2) is 18.5 Å². The van der Waals surface area contributed by atoms with Crippen molar-refractivity contribution in [2.45, 2.75) is 26.4 Å². The minimum atomic E-state index is -1.07. The number of nitrogens with one attached hydrogen (secondary N) is 2. The van der Waals surface area contributed by atoms with E-state index in [1.807, 2.05) is 19.1 Å². The Morgan fingerprint density at radius 1 is 1.11 bits per heavy atom. The van der Waals surface area contributed by atoms with Gasteiger partial charge in [0.2, 0.25) is 0 Å². The summed E-state index contributed by atoms with van der Waals surface area (Å²) in [5.74, 6) is -0.739. The first-order valence-electron chi connectivity index (χ1n) is 8.61. The summed E-state index contributed by atoms with van der Waals surface area (Å²) in [6.07, 6.45) is -0.164. The number of aryl methyl sites for hydroxylation is 1. The Morgan fingerprint density at radius 2 is 1.79 bits per heavy atom. The van der Waals surface area contributed by atoms with Gasteiger partial charge in [0.25, 0.3) is 11.8 Å². The van der Waals surface area contributed by atoms with E-state index >= 15 is 0 Å². The fourth-order valence-corrected chi connectivity index (χ4v) is 2.19. The Kier molecular flexibility index (Phi) is 7.32. The van der Waals surface area contributed by atoms with Crippen molar-refractivity contribution in [2.75, 3.05) is 6.61 Å². The van der Waals surface area contributed by atoms with Crippen LogP contribution in [0.3, 0.4) is 0 Å². The molecule has 0 spiro atoms. The molecular formula is C19H21N3O6. The summed E-state index contributed by atoms with van der Waals surface area (Å²) in [6, 6.07) is 13.0. The van der Waals surface area contributed by atoms with E-state index in [4.69, 9.17) is 9.47 Å². The van der Waals surface area contributed by atoms with E-state index in [1.165, 1.54) is 25.1 Å². The van der Waals surface area contributed by atoms with Gasteiger partial charge in [-0.1, -0.05) is 31.2 Å². The van der Waals surface area contributed by atoms with Crippen LogP contribution in [0.2, 0.25) is 0 Å². The van der Waals surface area contributed by atoms with Crippen LogP contribution >= 0.6 is 0 Å². The summed E-state index contributed by atoms with van der Waals surface area (Å²) in [7, 11) is 0. The molecule has 148 valence electrons. The molecule has 0 fully saturated rings. The molecule has 9 nitrogen and oxygen atoms in total. The van der Waals surface area contributed by atoms with Crippen molar-refractivity contribution in [3.63, 3.8) is 0 Å². The third-order valence-electron chi connectivity index (χ3n) is 3.76. The molecule has 9 heteroatoms. The molecule has 0 bridgehead atoms. The molecule has 0 aliphatic rings. The third-order valence-corrected chi connectivity index (χ3v) is 3.76. The maximum absolute atomic E-state index is 12.0. The molecule has 0 radical (unpaired) electrons. The van der Waals surface area contributed by atoms with E-state index < -0.39 is 22.8 Å². The minimum Gasteiger partial charge on any atom is -0.484 e. The number of hydrazine groups is 1. The zero-order valence-electron chi connectivity index (χ0n) is 15.5. The van der Waals surface area contributed by atoms with Crippen LogP contribution in [0.1, 0.15) is 19.4 Å². The van der Waals surface area contributed by atoms with E-state index in [9.17, 15) is 19.7 Å². The Bertz CT molecular complexity index is 838. The smallest absolute Gasteiger partial charge is 0.310 e. The van der Waals surface area contributed by atoms with E-state index in [2.05, 4.69) is 10.9 Å². The second kappa shape index (κ2) is 9.91. The number of carbonyl (C=O) groups is 2. The van der Waals surface area contributed by atoms with E-state index in [-0.39, 0.29) is 18.0 Å². The van der Waals surface area contributed by atoms with Crippen LogP contribution in [-0.2, 0) is 16.0 Å². The van der Waals surface area contributed by atoms with Gasteiger partial charge in [-0.3, -0.25) is 30.6 Å². The third kappa shape index (κ3) is 5.97. The van der Waals surface area contributed by atoms with Gasteiger partial charge in [-0.2, -0.15) is 0 Å². The van der Waals surface area contributed by atoms with Crippen LogP contribution in [0.4, 0.5) is 5.69 Å². The van der Waals surface area contributed by atoms with Gasteiger partial charge in [0.05, 0.1) is 4.92 Å². The normalized spacial score (nSPS) is 11.2. The molecule has 2 N–H and O–H groups in total. The number of rotatable bonds is 8. The average Bonchev–Trinajstić information content (AvgIpc) is 2.70. The molecule has 1 atom stereocenters. The number of nitro benzene ring substituents is 1. The topological polar surface area (TPSA) is 120 Å². The molecule has 0 aliphatic carbocycles. The Balaban J connectivity index is 1.79. The van der Waals surface area contributed by atoms with Crippen molar-refractivity contribution in [1.82, 2.24) is 10.9 Å². The Labute approximate surface area is 161 Å². The summed E-state index contributed by atoms with van der Waals surface area (Å²) >= 11 is 0. The number of benzene rings is 2. The molecule has 2 amide bonds. The molecule has 0 aromatic heterocycles. The second-order valence-electron chi connectivity index (χ2n) is 5.81. The van der Waals surface area contributed by atoms with Gasteiger partial charge in [-0.05, 0) is 37.1 Å². The Hall–Kier alpha value is -3.62. The lowest BCUT2D eigenvalue weighted by molar-refractivity contribution is -0.386. The van der Waals surface area contributed by atoms with Crippen molar-refractivity contribution in [2.24, 2.45) is 0 Å². The Morgan fingerprint density at radius 3 is 2.43 bits per heavy atom. The summed E-state index contributed by atoms with van der Waals surface area (Å²) in [4.78, 5) is 34.2. The summed E-state index contributed by atoms with van der Waals surface area (Å²) in [5.41, 5.74) is 5.29. The maximum Gasteiger partial charge on any atom is 0.310 e. The lowest BCUT2D eigenvalue weighted by atomic mass is 10.2. The number of carbonyl (C=O) groups excluding carboxylic acids is 2. The first-order chi connectivity index (χ1) is 13.4. The van der Waals surface area contributed by atoms with Gasteiger partial charge < -0.3 is 9.47 Å². The second-order valence-corrected chi connectivity index (χ2v) is 5.81. The predicted octanol–water partition coefficient (Wildman–Crippen LogP) is 2.15. The summed E-state index contributed by atoms with van der Waals surface area (Å²) in [6.45, 7) is 3.15. The lowest BCUT2D eigenvalue weighted by Crippen LogP contribution is -2.48. The predicted molar refractivity (Wildman–Crippen MR) is 101 cm³/mol. The fraction of sp³-hybridized carbons (Fsp3) is 0.263. The van der Waals surface area contributed by atoms with E-state index in [1.54, 1.807) is 18.2 Å². The van der Waals surface area contributed by atoms with Gasteiger partial charge in [-0.15, -0.1) is 0 Å². The number of amides is 2. The lowest BCUT2D eigenvalue weighted by Gasteiger charge is -2.15. The number of ether oxygens (including phenoxy) is 2. The monoisotopic (exact) mass is 387 g/mol. The molecular weight excluding hydrogens is 366 g/mol. The SMILES string of the molecule is CCc1ccc(OCC(=O)NNC(=O)[C@@H](C)Oc2ccccc2[N+](=O)[O-])cc1. The highest BCUT2D eigenvalue weighted by atomic mass is 16.6. The van der Waals surface area contributed by atoms with Gasteiger partial charge in [0, 0.05) is 6.07 Å². The van der Waals surface area contributed by atoms with Crippen LogP contribution in [0.15, 0.2) is 48.5 Å². The average molecular weight is 387 g/mol. The summed E-state index contributed by atoms with van der Waals surface area (Å²) < 4.78 is 10.6. The van der Waals surface area contributed by atoms with Crippen LogP contribution in [0.25, 0.3) is 0 Å². The largest absolute Gasteiger partial charge is 0.484 e. The summed E-state index contributed by atoms with van der Waals surface area (Å²) in [5, 5.41) is 11.0. The number of hydrogen-bond acceptors (Lipinski definition) is 6. The van der Waals surface area contributed by atoms with Crippen molar-refractivity contribution in [3.05, 3.63) is 64.2 Å². The molecule has 2 rings (SSSR count). The minimum absolute atomic E-state index is 0.0414. The molecule has 28 heavy (non-hydrogen) atoms. The van der Waals surface area contributed by atoms with Crippen LogP contribution < -0.4 is 20.3 Å².